The third-order valence-corrected chi connectivity index (χ3v) is 7.87. The third kappa shape index (κ3) is 3.85. The summed E-state index contributed by atoms with van der Waals surface area (Å²) in [7, 11) is -0.802. The fraction of sp³-hybridized carbons (Fsp3) is 0.412. The lowest BCUT2D eigenvalue weighted by Gasteiger charge is -2.41. The monoisotopic (exact) mass is 496 g/mol. The number of alkyl halides is 1. The first kappa shape index (κ1) is 24.4. The van der Waals surface area contributed by atoms with Crippen LogP contribution in [0.4, 0.5) is 4.39 Å². The molecule has 5 atom stereocenters. The van der Waals surface area contributed by atoms with Crippen LogP contribution in [0.5, 0.6) is 5.75 Å². The summed E-state index contributed by atoms with van der Waals surface area (Å²) in [5.41, 5.74) is -1.77. The van der Waals surface area contributed by atoms with Gasteiger partial charge in [-0.25, -0.2) is 13.8 Å². The van der Waals surface area contributed by atoms with Crippen LogP contribution in [-0.4, -0.2) is 66.8 Å². The van der Waals surface area contributed by atoms with Crippen LogP contribution in [0, 0.1) is 11.6 Å². The Morgan fingerprint density at radius 1 is 1.36 bits per heavy atom. The average Bonchev–Trinajstić information content (AvgIpc) is 2.91. The number of aliphatic hydroxyl groups is 2. The Labute approximate surface area is 195 Å². The summed E-state index contributed by atoms with van der Waals surface area (Å²) in [6.45, 7) is 1.50. The zero-order chi connectivity index (χ0) is 24.4. The van der Waals surface area contributed by atoms with E-state index in [2.05, 4.69) is 4.98 Å². The molecule has 0 bridgehead atoms. The summed E-state index contributed by atoms with van der Waals surface area (Å²) < 4.78 is 52.2. The van der Waals surface area contributed by atoms with Crippen molar-refractivity contribution in [1.29, 1.82) is 0 Å². The number of phosphoric ester groups is 1. The number of aromatic nitrogens is 2. The van der Waals surface area contributed by atoms with Crippen LogP contribution in [0.15, 0.2) is 35.3 Å². The average molecular weight is 496 g/mol. The minimum absolute atomic E-state index is 0.107. The van der Waals surface area contributed by atoms with Crippen LogP contribution in [-0.2, 0) is 30.6 Å². The molecule has 3 N–H and O–H groups in total. The van der Waals surface area contributed by atoms with E-state index < -0.39 is 42.6 Å². The minimum Gasteiger partial charge on any atom is -0.404 e. The largest absolute Gasteiger partial charge is 0.529 e. The number of nitrogens with one attached hydrogen (secondary N) is 1. The molecule has 0 aliphatic carbocycles. The topological polar surface area (TPSA) is 132 Å². The fourth-order valence-corrected chi connectivity index (χ4v) is 5.56. The maximum absolute atomic E-state index is 16.3. The van der Waals surface area contributed by atoms with E-state index in [9.17, 15) is 19.6 Å². The molecule has 10 nitrogen and oxygen atoms in total. The molecule has 2 aromatic rings. The summed E-state index contributed by atoms with van der Waals surface area (Å²) in [6.07, 6.45) is -2.83. The molecule has 174 valence electrons. The lowest BCUT2D eigenvalue weighted by Crippen LogP contribution is -2.60. The van der Waals surface area contributed by atoms with Crippen molar-refractivity contribution >= 4 is 43.6 Å². The molecule has 1 aromatic heterocycles. The zero-order valence-corrected chi connectivity index (χ0v) is 20.0. The maximum Gasteiger partial charge on any atom is 0.529 e. The second-order valence-electron chi connectivity index (χ2n) is 8.65. The molecule has 0 radical (unpaired) electrons. The predicted octanol–water partition coefficient (Wildman–Crippen LogP) is -1.47. The van der Waals surface area contributed by atoms with Crippen molar-refractivity contribution in [1.82, 2.24) is 9.55 Å². The van der Waals surface area contributed by atoms with Crippen LogP contribution < -0.4 is 10.2 Å². The Morgan fingerprint density at radius 3 is 2.73 bits per heavy atom. The number of hydrogen-bond acceptors (Lipinski definition) is 9. The van der Waals surface area contributed by atoms with Gasteiger partial charge in [-0.05, 0) is 13.0 Å². The second kappa shape index (κ2) is 7.91. The Morgan fingerprint density at radius 2 is 2.03 bits per heavy atom. The number of aliphatic hydroxyl groups excluding tert-OH is 2. The first-order valence-electron chi connectivity index (χ1n) is 10.0. The molecule has 1 unspecified atom stereocenters. The van der Waals surface area contributed by atoms with E-state index in [4.69, 9.17) is 30.5 Å². The first-order valence-corrected chi connectivity index (χ1v) is 11.9. The van der Waals surface area contributed by atoms with Gasteiger partial charge in [0.2, 0.25) is 0 Å². The van der Waals surface area contributed by atoms with Gasteiger partial charge in [0, 0.05) is 17.3 Å². The van der Waals surface area contributed by atoms with Crippen molar-refractivity contribution in [3.05, 3.63) is 56.7 Å². The van der Waals surface area contributed by atoms with Gasteiger partial charge in [-0.1, -0.05) is 30.4 Å². The SMILES string of the molecule is BC(B)(OP1(=O)OCc2ccccc2O1)[C@@]1(F)O[C@@](B)(n2cc(C)c(=S)[nH]c2=O)[C@H](O)[C@@H]1O. The van der Waals surface area contributed by atoms with E-state index in [1.165, 1.54) is 14.0 Å². The van der Waals surface area contributed by atoms with Gasteiger partial charge in [-0.3, -0.25) is 18.6 Å². The molecule has 33 heavy (non-hydrogen) atoms. The van der Waals surface area contributed by atoms with E-state index in [-0.39, 0.29) is 17.0 Å². The number of para-hydroxylation sites is 1. The number of nitrogens with zero attached hydrogens (tertiary/aromatic N) is 1. The summed E-state index contributed by atoms with van der Waals surface area (Å²) in [5.74, 6) is -2.89. The molecular weight excluding hydrogens is 475 g/mol. The van der Waals surface area contributed by atoms with Gasteiger partial charge in [-0.2, -0.15) is 0 Å². The van der Waals surface area contributed by atoms with E-state index in [1.54, 1.807) is 31.2 Å². The molecule has 1 aromatic carbocycles. The van der Waals surface area contributed by atoms with Crippen molar-refractivity contribution in [2.24, 2.45) is 0 Å². The van der Waals surface area contributed by atoms with Crippen LogP contribution in [0.25, 0.3) is 0 Å². The van der Waals surface area contributed by atoms with E-state index in [1.807, 2.05) is 0 Å². The molecule has 3 heterocycles. The van der Waals surface area contributed by atoms with Gasteiger partial charge in [0.15, 0.2) is 7.85 Å². The van der Waals surface area contributed by atoms with Gasteiger partial charge < -0.3 is 19.5 Å². The van der Waals surface area contributed by atoms with Gasteiger partial charge in [0.1, 0.15) is 43.9 Å². The Bertz CT molecular complexity index is 1280. The molecule has 0 saturated carbocycles. The molecule has 2 aliphatic heterocycles. The number of aromatic amines is 1. The predicted molar refractivity (Wildman–Crippen MR) is 124 cm³/mol. The first-order chi connectivity index (χ1) is 15.2. The number of fused-ring (bicyclic) bond motifs is 1. The number of rotatable bonds is 4. The lowest BCUT2D eigenvalue weighted by atomic mass is 9.59. The molecule has 1 fully saturated rings. The minimum atomic E-state index is -4.35. The summed E-state index contributed by atoms with van der Waals surface area (Å²) in [5, 5.41) is 19.3. The lowest BCUT2D eigenvalue weighted by molar-refractivity contribution is -0.240. The van der Waals surface area contributed by atoms with Crippen molar-refractivity contribution in [2.45, 2.75) is 42.6 Å². The summed E-state index contributed by atoms with van der Waals surface area (Å²) in [4.78, 5) is 14.9. The molecule has 2 aliphatic rings. The molecule has 0 amide bonds. The maximum atomic E-state index is 16.3. The van der Waals surface area contributed by atoms with Gasteiger partial charge in [-0.15, -0.1) is 0 Å². The molecule has 4 rings (SSSR count). The summed E-state index contributed by atoms with van der Waals surface area (Å²) >= 11 is 5.03. The Balaban J connectivity index is 1.68. The smallest absolute Gasteiger partial charge is 0.404 e. The van der Waals surface area contributed by atoms with E-state index in [0.717, 1.165) is 20.3 Å². The van der Waals surface area contributed by atoms with Crippen molar-refractivity contribution < 1.29 is 37.5 Å². The molecule has 1 saturated heterocycles. The van der Waals surface area contributed by atoms with Crippen LogP contribution in [0.3, 0.4) is 0 Å². The third-order valence-electron chi connectivity index (χ3n) is 5.90. The van der Waals surface area contributed by atoms with E-state index in [0.29, 0.717) is 11.1 Å². The highest BCUT2D eigenvalue weighted by atomic mass is 32.1. The summed E-state index contributed by atoms with van der Waals surface area (Å²) in [6, 6.07) is 6.67. The highest BCUT2D eigenvalue weighted by Crippen LogP contribution is 2.59. The second-order valence-corrected chi connectivity index (χ2v) is 10.6. The number of benzene rings is 1. The van der Waals surface area contributed by atoms with Crippen LogP contribution >= 0.6 is 20.0 Å². The number of ether oxygens (including phenoxy) is 1. The number of aryl methyl sites for hydroxylation is 1. The fourth-order valence-electron chi connectivity index (χ4n) is 3.88. The highest BCUT2D eigenvalue weighted by molar-refractivity contribution is 7.71. The van der Waals surface area contributed by atoms with Gasteiger partial charge in [0.05, 0.1) is 12.0 Å². The molecular formula is C17H21B3FN2O8PS. The van der Waals surface area contributed by atoms with Crippen molar-refractivity contribution in [2.75, 3.05) is 0 Å². The van der Waals surface area contributed by atoms with Gasteiger partial charge in [0.25, 0.3) is 5.85 Å². The molecule has 0 spiro atoms. The quantitative estimate of drug-likeness (QED) is 0.264. The van der Waals surface area contributed by atoms with Crippen LogP contribution in [0.1, 0.15) is 11.1 Å². The van der Waals surface area contributed by atoms with E-state index >= 15 is 4.39 Å². The Kier molecular flexibility index (Phi) is 5.85. The number of H-pyrrole nitrogens is 1. The normalized spacial score (nSPS) is 33.9. The standard InChI is InChI=1S/C17H21B3FN2O8PS/c1-8-6-23(14(26)22-13(8)33)16(18)12(25)11(24)15(21,30-16)17(19,20)31-32(27)28-7-9-4-2-3-5-10(9)29-32/h2-6,11-12,24-25H,7,18-20H2,1H3,(H,22,26,33)/t11-,12+,15-,16-,32?/m0/s1. The number of phosphoric acid groups is 1. The van der Waals surface area contributed by atoms with Crippen molar-refractivity contribution in [3.8, 4) is 5.75 Å². The van der Waals surface area contributed by atoms with Crippen molar-refractivity contribution in [3.63, 3.8) is 0 Å². The van der Waals surface area contributed by atoms with Crippen LogP contribution in [0.2, 0.25) is 0 Å². The van der Waals surface area contributed by atoms with Gasteiger partial charge >= 0.3 is 13.5 Å². The Hall–Kier alpha value is -1.73. The highest BCUT2D eigenvalue weighted by Gasteiger charge is 2.69. The molecule has 16 heteroatoms. The number of halogens is 1. The zero-order valence-electron chi connectivity index (χ0n) is 18.3. The number of hydrogen-bond donors (Lipinski definition) is 3.